The molecule has 13 nitrogen and oxygen atoms in total. The van der Waals surface area contributed by atoms with E-state index in [-0.39, 0.29) is 12.8 Å². The van der Waals surface area contributed by atoms with Gasteiger partial charge in [0.25, 0.3) is 0 Å². The van der Waals surface area contributed by atoms with Crippen molar-refractivity contribution in [3.8, 4) is 0 Å². The van der Waals surface area contributed by atoms with Gasteiger partial charge in [-0.15, -0.1) is 0 Å². The van der Waals surface area contributed by atoms with Crippen molar-refractivity contribution in [1.29, 1.82) is 0 Å². The van der Waals surface area contributed by atoms with E-state index in [2.05, 4.69) is 44.2 Å². The summed E-state index contributed by atoms with van der Waals surface area (Å²) in [7, 11) is -5.14. The van der Waals surface area contributed by atoms with Gasteiger partial charge in [-0.25, -0.2) is 4.57 Å². The van der Waals surface area contributed by atoms with E-state index in [9.17, 15) is 44.6 Å². The zero-order chi connectivity index (χ0) is 44.3. The van der Waals surface area contributed by atoms with Crippen LogP contribution in [0.3, 0.4) is 0 Å². The average Bonchev–Trinajstić information content (AvgIpc) is 3.23. The third-order valence-electron chi connectivity index (χ3n) is 9.63. The van der Waals surface area contributed by atoms with Crippen molar-refractivity contribution in [1.82, 2.24) is 0 Å². The van der Waals surface area contributed by atoms with Crippen LogP contribution in [0, 0.1) is 0 Å². The summed E-state index contributed by atoms with van der Waals surface area (Å²) >= 11 is 0. The Kier molecular flexibility index (Phi) is 32.7. The van der Waals surface area contributed by atoms with E-state index in [0.717, 1.165) is 44.9 Å². The van der Waals surface area contributed by atoms with Gasteiger partial charge in [0, 0.05) is 12.8 Å². The van der Waals surface area contributed by atoms with Crippen LogP contribution in [0.25, 0.3) is 0 Å². The van der Waals surface area contributed by atoms with Crippen LogP contribution < -0.4 is 0 Å². The van der Waals surface area contributed by atoms with Gasteiger partial charge >= 0.3 is 19.8 Å². The number of phosphoric ester groups is 1. The Bertz CT molecular complexity index is 1370. The van der Waals surface area contributed by atoms with E-state index in [0.29, 0.717) is 19.3 Å². The fourth-order valence-electron chi connectivity index (χ4n) is 6.07. The minimum Gasteiger partial charge on any atom is -0.462 e. The predicted octanol–water partition coefficient (Wildman–Crippen LogP) is 8.11. The summed E-state index contributed by atoms with van der Waals surface area (Å²) in [6.45, 7) is 3.05. The first-order valence-electron chi connectivity index (χ1n) is 22.0. The highest BCUT2D eigenvalue weighted by Gasteiger charge is 2.51. The number of unbranched alkanes of at least 4 members (excludes halogenated alkanes) is 13. The third-order valence-corrected chi connectivity index (χ3v) is 10.6. The lowest BCUT2D eigenvalue weighted by atomic mass is 9.85. The van der Waals surface area contributed by atoms with Crippen LogP contribution in [0.15, 0.2) is 85.1 Å². The maximum Gasteiger partial charge on any atom is 0.472 e. The second-order valence-electron chi connectivity index (χ2n) is 15.0. The zero-order valence-corrected chi connectivity index (χ0v) is 36.9. The van der Waals surface area contributed by atoms with Gasteiger partial charge in [0.1, 0.15) is 43.2 Å². The molecular formula is C46H75O13P. The fourth-order valence-corrected chi connectivity index (χ4v) is 7.04. The second-order valence-corrected chi connectivity index (χ2v) is 16.4. The van der Waals surface area contributed by atoms with E-state index in [4.69, 9.17) is 18.5 Å². The zero-order valence-electron chi connectivity index (χ0n) is 36.0. The number of hydrogen-bond acceptors (Lipinski definition) is 12. The summed E-state index contributed by atoms with van der Waals surface area (Å²) in [5, 5.41) is 50.1. The van der Waals surface area contributed by atoms with Crippen molar-refractivity contribution in [2.75, 3.05) is 13.2 Å². The maximum absolute atomic E-state index is 12.8. The molecule has 0 saturated heterocycles. The molecule has 0 amide bonds. The highest BCUT2D eigenvalue weighted by molar-refractivity contribution is 7.47. The van der Waals surface area contributed by atoms with E-state index in [1.807, 2.05) is 54.7 Å². The summed E-state index contributed by atoms with van der Waals surface area (Å²) < 4.78 is 33.3. The summed E-state index contributed by atoms with van der Waals surface area (Å²) in [6, 6.07) is 0. The summed E-state index contributed by atoms with van der Waals surface area (Å²) in [5.41, 5.74) is 0. The molecule has 0 radical (unpaired) electrons. The van der Waals surface area contributed by atoms with Gasteiger partial charge in [-0.1, -0.05) is 157 Å². The van der Waals surface area contributed by atoms with Crippen LogP contribution in [0.4, 0.5) is 0 Å². The third kappa shape index (κ3) is 27.8. The maximum atomic E-state index is 12.8. The second kappa shape index (κ2) is 35.6. The molecule has 1 rings (SSSR count). The summed E-state index contributed by atoms with van der Waals surface area (Å²) in [4.78, 5) is 35.6. The number of rotatable bonds is 34. The molecule has 1 aliphatic carbocycles. The van der Waals surface area contributed by atoms with Crippen molar-refractivity contribution in [3.63, 3.8) is 0 Å². The van der Waals surface area contributed by atoms with Crippen LogP contribution >= 0.6 is 7.82 Å². The van der Waals surface area contributed by atoms with Gasteiger partial charge in [-0.3, -0.25) is 18.6 Å². The van der Waals surface area contributed by atoms with Crippen molar-refractivity contribution in [2.24, 2.45) is 0 Å². The fraction of sp³-hybridized carbons (Fsp3) is 0.652. The molecular weight excluding hydrogens is 791 g/mol. The Morgan fingerprint density at radius 3 is 1.52 bits per heavy atom. The van der Waals surface area contributed by atoms with Crippen LogP contribution in [0.1, 0.15) is 136 Å². The summed E-state index contributed by atoms with van der Waals surface area (Å²) in [6.07, 6.45) is 32.3. The van der Waals surface area contributed by atoms with Gasteiger partial charge < -0.3 is 39.9 Å². The van der Waals surface area contributed by atoms with E-state index >= 15 is 0 Å². The van der Waals surface area contributed by atoms with Crippen LogP contribution in [0.2, 0.25) is 0 Å². The first-order chi connectivity index (χ1) is 28.9. The Labute approximate surface area is 358 Å². The molecule has 1 fully saturated rings. The number of ether oxygens (including phenoxy) is 2. The number of allylic oxidation sites excluding steroid dienone is 14. The van der Waals surface area contributed by atoms with Crippen molar-refractivity contribution in [3.05, 3.63) is 85.1 Å². The standard InChI is InChI=1S/C46H75O13P/c1-3-5-7-9-11-13-15-17-18-19-20-21-23-24-26-28-30-32-34-39(47)56-36-38(37-57-60(54,55)59-46-44(52)42(50)41(49)43(51)45(46)53)58-40(48)35-33-31-29-27-25-22-16-14-12-10-8-6-4-2/h6,8,10,12,14,16,18-22,25,27,29,38,41-46,49-53H,3-5,7,9,11,13,15,17,23-24,26,28,30-37H2,1-2H3,(H,54,55)/b8-6+,12-10+,16-14+,19-18+,21-20+,25-22+,29-27+/t38?,41?,42-,43?,44?,45?,46?/m0/s1. The van der Waals surface area contributed by atoms with Gasteiger partial charge in [-0.05, 0) is 51.4 Å². The topological polar surface area (TPSA) is 210 Å². The first-order valence-corrected chi connectivity index (χ1v) is 23.5. The van der Waals surface area contributed by atoms with Gasteiger partial charge in [0.15, 0.2) is 6.10 Å². The van der Waals surface area contributed by atoms with E-state index < -0.39 is 75.7 Å². The quantitative estimate of drug-likeness (QED) is 0.0157. The SMILES string of the molecule is CC/C=C/C=C/C=C/C=C/C=C/CCCC(=O)OC(COC(=O)CCCCCCC/C=C/C=C/CCCCCCCCC)COP(=O)(O)OC1C(O)C(O)C(O)[C@H](O)C1O. The van der Waals surface area contributed by atoms with E-state index in [1.165, 1.54) is 44.9 Å². The van der Waals surface area contributed by atoms with Gasteiger partial charge in [0.2, 0.25) is 0 Å². The molecule has 0 bridgehead atoms. The molecule has 342 valence electrons. The van der Waals surface area contributed by atoms with Crippen molar-refractivity contribution in [2.45, 2.75) is 179 Å². The highest BCUT2D eigenvalue weighted by atomic mass is 31.2. The van der Waals surface area contributed by atoms with Crippen molar-refractivity contribution < 1.29 is 63.1 Å². The molecule has 0 heterocycles. The molecule has 0 aromatic rings. The van der Waals surface area contributed by atoms with Crippen LogP contribution in [0.5, 0.6) is 0 Å². The summed E-state index contributed by atoms with van der Waals surface area (Å²) in [5.74, 6) is -1.21. The minimum atomic E-state index is -5.14. The smallest absolute Gasteiger partial charge is 0.462 e. The molecule has 8 atom stereocenters. The first kappa shape index (κ1) is 55.0. The largest absolute Gasteiger partial charge is 0.472 e. The number of carbonyl (C=O) groups excluding carboxylic acids is 2. The number of carbonyl (C=O) groups is 2. The molecule has 14 heteroatoms. The molecule has 0 aromatic carbocycles. The molecule has 0 spiro atoms. The average molecular weight is 867 g/mol. The highest BCUT2D eigenvalue weighted by Crippen LogP contribution is 2.47. The lowest BCUT2D eigenvalue weighted by molar-refractivity contribution is -0.220. The van der Waals surface area contributed by atoms with Crippen LogP contribution in [-0.2, 0) is 32.7 Å². The molecule has 6 N–H and O–H groups in total. The molecule has 60 heavy (non-hydrogen) atoms. The lowest BCUT2D eigenvalue weighted by Gasteiger charge is -2.41. The molecule has 0 aliphatic heterocycles. The van der Waals surface area contributed by atoms with E-state index in [1.54, 1.807) is 0 Å². The van der Waals surface area contributed by atoms with Crippen LogP contribution in [-0.4, -0.2) is 98.3 Å². The molecule has 0 aromatic heterocycles. The van der Waals surface area contributed by atoms with Crippen molar-refractivity contribution >= 4 is 19.8 Å². The number of aliphatic hydroxyl groups is 5. The molecule has 7 unspecified atom stereocenters. The Morgan fingerprint density at radius 1 is 0.533 bits per heavy atom. The Balaban J connectivity index is 2.53. The Morgan fingerprint density at radius 2 is 0.967 bits per heavy atom. The number of hydrogen-bond donors (Lipinski definition) is 6. The monoisotopic (exact) mass is 866 g/mol. The van der Waals surface area contributed by atoms with Gasteiger partial charge in [0.05, 0.1) is 6.61 Å². The number of esters is 2. The Hall–Kier alpha value is -2.97. The number of phosphoric acid groups is 1. The number of aliphatic hydroxyl groups excluding tert-OH is 5. The van der Waals surface area contributed by atoms with Gasteiger partial charge in [-0.2, -0.15) is 0 Å². The predicted molar refractivity (Wildman–Crippen MR) is 235 cm³/mol. The lowest BCUT2D eigenvalue weighted by Crippen LogP contribution is -2.64. The molecule has 1 aliphatic rings. The minimum absolute atomic E-state index is 0.00781. The molecule has 1 saturated carbocycles. The normalized spacial score (nSPS) is 23.0.